The molecule has 2 N–H and O–H groups in total. The Morgan fingerprint density at radius 1 is 1.38 bits per heavy atom. The maximum atomic E-state index is 6.51. The Kier molecular flexibility index (Phi) is 3.29. The van der Waals surface area contributed by atoms with E-state index in [1.165, 1.54) is 24.8 Å². The van der Waals surface area contributed by atoms with Crippen LogP contribution in [0.4, 0.5) is 0 Å². The first-order valence-electron chi connectivity index (χ1n) is 6.36. The topological polar surface area (TPSA) is 38.9 Å². The van der Waals surface area contributed by atoms with E-state index in [2.05, 4.69) is 24.0 Å². The number of nitrogens with zero attached hydrogens (tertiary/aromatic N) is 1. The van der Waals surface area contributed by atoms with Gasteiger partial charge < -0.3 is 5.73 Å². The highest BCUT2D eigenvalue weighted by Crippen LogP contribution is 2.38. The lowest BCUT2D eigenvalue weighted by Crippen LogP contribution is -2.40. The molecule has 16 heavy (non-hydrogen) atoms. The summed E-state index contributed by atoms with van der Waals surface area (Å²) in [7, 11) is 0. The lowest BCUT2D eigenvalue weighted by molar-refractivity contribution is 0.231. The molecular formula is C14H22N2. The summed E-state index contributed by atoms with van der Waals surface area (Å²) in [6.07, 6.45) is 8.00. The van der Waals surface area contributed by atoms with Gasteiger partial charge in [-0.25, -0.2) is 0 Å². The second kappa shape index (κ2) is 4.54. The summed E-state index contributed by atoms with van der Waals surface area (Å²) >= 11 is 0. The molecule has 1 aliphatic carbocycles. The van der Waals surface area contributed by atoms with E-state index < -0.39 is 0 Å². The minimum atomic E-state index is -0.119. The molecule has 2 rings (SSSR count). The van der Waals surface area contributed by atoms with Crippen LogP contribution in [0.25, 0.3) is 0 Å². The first-order chi connectivity index (χ1) is 7.64. The van der Waals surface area contributed by atoms with Gasteiger partial charge in [-0.3, -0.25) is 4.98 Å². The normalized spacial score (nSPS) is 30.3. The van der Waals surface area contributed by atoms with Gasteiger partial charge in [-0.1, -0.05) is 19.4 Å². The molecular weight excluding hydrogens is 196 g/mol. The third kappa shape index (κ3) is 2.27. The first kappa shape index (κ1) is 11.6. The fraction of sp³-hybridized carbons (Fsp3) is 0.643. The van der Waals surface area contributed by atoms with Crippen molar-refractivity contribution in [2.24, 2.45) is 11.7 Å². The van der Waals surface area contributed by atoms with Crippen LogP contribution in [0.1, 0.15) is 50.3 Å². The third-order valence-corrected chi connectivity index (χ3v) is 4.06. The number of pyridine rings is 1. The van der Waals surface area contributed by atoms with Gasteiger partial charge in [0.2, 0.25) is 0 Å². The molecule has 0 radical (unpaired) electrons. The van der Waals surface area contributed by atoms with Crippen LogP contribution in [0.15, 0.2) is 18.3 Å². The molecule has 1 aromatic heterocycles. The van der Waals surface area contributed by atoms with Gasteiger partial charge in [0.05, 0.1) is 0 Å². The van der Waals surface area contributed by atoms with E-state index in [1.54, 1.807) is 0 Å². The van der Waals surface area contributed by atoms with Crippen LogP contribution in [0.3, 0.4) is 0 Å². The van der Waals surface area contributed by atoms with Gasteiger partial charge in [0.15, 0.2) is 0 Å². The Morgan fingerprint density at radius 2 is 2.06 bits per heavy atom. The number of nitrogens with two attached hydrogens (primary N) is 1. The summed E-state index contributed by atoms with van der Waals surface area (Å²) in [5, 5.41) is 0. The van der Waals surface area contributed by atoms with Gasteiger partial charge in [-0.05, 0) is 50.2 Å². The van der Waals surface area contributed by atoms with Crippen LogP contribution < -0.4 is 5.73 Å². The molecule has 1 saturated carbocycles. The Hall–Kier alpha value is -0.890. The quantitative estimate of drug-likeness (QED) is 0.828. The molecule has 0 amide bonds. The lowest BCUT2D eigenvalue weighted by Gasteiger charge is -2.37. The highest BCUT2D eigenvalue weighted by atomic mass is 14.8. The van der Waals surface area contributed by atoms with Crippen molar-refractivity contribution in [3.63, 3.8) is 0 Å². The third-order valence-electron chi connectivity index (χ3n) is 4.06. The van der Waals surface area contributed by atoms with E-state index in [4.69, 9.17) is 5.73 Å². The zero-order chi connectivity index (χ0) is 11.6. The molecule has 1 fully saturated rings. The number of hydrogen-bond donors (Lipinski definition) is 1. The van der Waals surface area contributed by atoms with Crippen LogP contribution in [0.2, 0.25) is 0 Å². The molecule has 0 unspecified atom stereocenters. The number of hydrogen-bond acceptors (Lipinski definition) is 2. The fourth-order valence-corrected chi connectivity index (χ4v) is 2.65. The van der Waals surface area contributed by atoms with Crippen molar-refractivity contribution < 1.29 is 0 Å². The fourth-order valence-electron chi connectivity index (χ4n) is 2.65. The van der Waals surface area contributed by atoms with Crippen molar-refractivity contribution in [2.75, 3.05) is 0 Å². The van der Waals surface area contributed by atoms with E-state index in [1.807, 2.05) is 13.1 Å². The highest BCUT2D eigenvalue weighted by molar-refractivity contribution is 5.22. The van der Waals surface area contributed by atoms with E-state index in [9.17, 15) is 0 Å². The Balaban J connectivity index is 2.11. The zero-order valence-electron chi connectivity index (χ0n) is 10.4. The summed E-state index contributed by atoms with van der Waals surface area (Å²) in [6.45, 7) is 4.29. The minimum absolute atomic E-state index is 0.119. The highest BCUT2D eigenvalue weighted by Gasteiger charge is 2.32. The van der Waals surface area contributed by atoms with Gasteiger partial charge >= 0.3 is 0 Å². The van der Waals surface area contributed by atoms with Gasteiger partial charge in [0.1, 0.15) is 0 Å². The van der Waals surface area contributed by atoms with Crippen molar-refractivity contribution in [3.8, 4) is 0 Å². The van der Waals surface area contributed by atoms with E-state index in [0.717, 1.165) is 24.5 Å². The average molecular weight is 218 g/mol. The van der Waals surface area contributed by atoms with Gasteiger partial charge in [-0.15, -0.1) is 0 Å². The predicted octanol–water partition coefficient (Wildman–Crippen LogP) is 3.14. The lowest BCUT2D eigenvalue weighted by atomic mass is 9.73. The van der Waals surface area contributed by atoms with Crippen molar-refractivity contribution in [1.29, 1.82) is 0 Å². The first-order valence-corrected chi connectivity index (χ1v) is 6.36. The smallest absolute Gasteiger partial charge is 0.0425 e. The van der Waals surface area contributed by atoms with Crippen LogP contribution in [-0.2, 0) is 5.54 Å². The summed E-state index contributed by atoms with van der Waals surface area (Å²) in [4.78, 5) is 4.36. The molecule has 88 valence electrons. The van der Waals surface area contributed by atoms with Gasteiger partial charge in [-0.2, -0.15) is 0 Å². The van der Waals surface area contributed by atoms with Gasteiger partial charge in [0, 0.05) is 17.4 Å². The summed E-state index contributed by atoms with van der Waals surface area (Å²) in [6, 6.07) is 4.21. The van der Waals surface area contributed by atoms with Crippen LogP contribution in [0, 0.1) is 12.8 Å². The van der Waals surface area contributed by atoms with E-state index in [-0.39, 0.29) is 5.54 Å². The number of aryl methyl sites for hydroxylation is 1. The minimum Gasteiger partial charge on any atom is -0.321 e. The van der Waals surface area contributed by atoms with Crippen molar-refractivity contribution in [2.45, 2.75) is 51.5 Å². The maximum absolute atomic E-state index is 6.51. The molecule has 0 aliphatic heterocycles. The molecule has 1 aliphatic rings. The molecule has 0 spiro atoms. The van der Waals surface area contributed by atoms with Crippen molar-refractivity contribution in [1.82, 2.24) is 4.98 Å². The molecule has 1 aromatic rings. The molecule has 0 saturated heterocycles. The van der Waals surface area contributed by atoms with Crippen LogP contribution in [-0.4, -0.2) is 4.98 Å². The second-order valence-corrected chi connectivity index (χ2v) is 5.20. The number of rotatable bonds is 2. The summed E-state index contributed by atoms with van der Waals surface area (Å²) in [5.41, 5.74) is 8.67. The van der Waals surface area contributed by atoms with Crippen molar-refractivity contribution >= 4 is 0 Å². The van der Waals surface area contributed by atoms with E-state index in [0.29, 0.717) is 0 Å². The van der Waals surface area contributed by atoms with Crippen LogP contribution >= 0.6 is 0 Å². The molecule has 2 heteroatoms. The standard InChI is InChI=1S/C14H22N2/c1-3-12-6-8-14(15,9-7-12)13-5-4-11(2)16-10-13/h4-5,10,12H,3,6-9,15H2,1-2H3. The maximum Gasteiger partial charge on any atom is 0.0425 e. The Morgan fingerprint density at radius 3 is 2.56 bits per heavy atom. The van der Waals surface area contributed by atoms with Gasteiger partial charge in [0.25, 0.3) is 0 Å². The molecule has 0 bridgehead atoms. The Labute approximate surface area is 98.3 Å². The predicted molar refractivity (Wildman–Crippen MR) is 67.1 cm³/mol. The van der Waals surface area contributed by atoms with Crippen molar-refractivity contribution in [3.05, 3.63) is 29.6 Å². The average Bonchev–Trinajstić information content (AvgIpc) is 2.31. The molecule has 0 aromatic carbocycles. The summed E-state index contributed by atoms with van der Waals surface area (Å²) < 4.78 is 0. The number of aromatic nitrogens is 1. The monoisotopic (exact) mass is 218 g/mol. The van der Waals surface area contributed by atoms with Crippen LogP contribution in [0.5, 0.6) is 0 Å². The Bertz CT molecular complexity index is 334. The molecule has 2 nitrogen and oxygen atoms in total. The largest absolute Gasteiger partial charge is 0.321 e. The molecule has 1 heterocycles. The SMILES string of the molecule is CCC1CCC(N)(c2ccc(C)nc2)CC1. The zero-order valence-corrected chi connectivity index (χ0v) is 10.4. The summed E-state index contributed by atoms with van der Waals surface area (Å²) in [5.74, 6) is 0.884. The second-order valence-electron chi connectivity index (χ2n) is 5.20. The van der Waals surface area contributed by atoms with E-state index >= 15 is 0 Å². The molecule has 0 atom stereocenters.